The first-order valence-electron chi connectivity index (χ1n) is 8.47. The largest absolute Gasteiger partial charge is 0.463 e. The Balaban J connectivity index is 2.45. The zero-order chi connectivity index (χ0) is 20.8. The molecule has 1 aliphatic rings. The number of ether oxygens (including phenoxy) is 5. The van der Waals surface area contributed by atoms with Gasteiger partial charge in [0.15, 0.2) is 24.5 Å². The molecule has 28 heavy (non-hydrogen) atoms. The van der Waals surface area contributed by atoms with Crippen LogP contribution >= 0.6 is 0 Å². The summed E-state index contributed by atoms with van der Waals surface area (Å²) < 4.78 is 28.4. The molecular weight excluding hydrogens is 376 g/mol. The van der Waals surface area contributed by atoms with Crippen LogP contribution in [0.4, 0.5) is 0 Å². The lowest BCUT2D eigenvalue weighted by Crippen LogP contribution is -2.60. The topological polar surface area (TPSA) is 132 Å². The van der Waals surface area contributed by atoms with E-state index in [2.05, 4.69) is 4.98 Å². The van der Waals surface area contributed by atoms with E-state index in [4.69, 9.17) is 23.7 Å². The van der Waals surface area contributed by atoms with Crippen LogP contribution in [0.15, 0.2) is 18.7 Å². The minimum atomic E-state index is -1.20. The maximum atomic E-state index is 11.7. The number of aromatic nitrogens is 2. The van der Waals surface area contributed by atoms with Gasteiger partial charge in [-0.3, -0.25) is 19.2 Å². The van der Waals surface area contributed by atoms with Crippen LogP contribution in [-0.4, -0.2) is 64.5 Å². The van der Waals surface area contributed by atoms with Gasteiger partial charge in [0, 0.05) is 40.1 Å². The van der Waals surface area contributed by atoms with Gasteiger partial charge in [0.25, 0.3) is 0 Å². The summed E-state index contributed by atoms with van der Waals surface area (Å²) in [5, 5.41) is 0. The first-order valence-corrected chi connectivity index (χ1v) is 8.47. The second kappa shape index (κ2) is 9.31. The van der Waals surface area contributed by atoms with Gasteiger partial charge in [-0.2, -0.15) is 0 Å². The van der Waals surface area contributed by atoms with Gasteiger partial charge in [-0.25, -0.2) is 4.98 Å². The normalized spacial score (nSPS) is 26.8. The molecule has 1 saturated heterocycles. The van der Waals surface area contributed by atoms with Crippen molar-refractivity contribution in [2.24, 2.45) is 0 Å². The molecular formula is C17H22N2O9. The predicted octanol–water partition coefficient (Wildman–Crippen LogP) is 0.139. The van der Waals surface area contributed by atoms with Crippen molar-refractivity contribution in [2.45, 2.75) is 58.3 Å². The summed E-state index contributed by atoms with van der Waals surface area (Å²) in [6, 6.07) is 0. The van der Waals surface area contributed by atoms with E-state index in [0.29, 0.717) is 0 Å². The highest BCUT2D eigenvalue weighted by Crippen LogP contribution is 2.34. The first kappa shape index (κ1) is 21.4. The fourth-order valence-corrected chi connectivity index (χ4v) is 2.87. The van der Waals surface area contributed by atoms with Gasteiger partial charge in [0.05, 0.1) is 6.33 Å². The van der Waals surface area contributed by atoms with Crippen molar-refractivity contribution in [1.82, 2.24) is 9.55 Å². The van der Waals surface area contributed by atoms with Gasteiger partial charge < -0.3 is 28.3 Å². The minimum Gasteiger partial charge on any atom is -0.463 e. The zero-order valence-corrected chi connectivity index (χ0v) is 15.9. The Kier molecular flexibility index (Phi) is 7.10. The lowest BCUT2D eigenvalue weighted by Gasteiger charge is -2.44. The highest BCUT2D eigenvalue weighted by atomic mass is 16.7. The summed E-state index contributed by atoms with van der Waals surface area (Å²) in [6.07, 6.45) is -1.03. The first-order chi connectivity index (χ1) is 13.2. The van der Waals surface area contributed by atoms with E-state index >= 15 is 0 Å². The number of carbonyl (C=O) groups is 4. The van der Waals surface area contributed by atoms with Crippen LogP contribution in [0, 0.1) is 0 Å². The minimum absolute atomic E-state index is 0.275. The molecule has 2 heterocycles. The third kappa shape index (κ3) is 5.52. The van der Waals surface area contributed by atoms with Gasteiger partial charge in [0.2, 0.25) is 0 Å². The number of nitrogens with zero attached hydrogens (tertiary/aromatic N) is 2. The van der Waals surface area contributed by atoms with Gasteiger partial charge in [-0.1, -0.05) is 0 Å². The Bertz CT molecular complexity index is 718. The predicted molar refractivity (Wildman–Crippen MR) is 89.4 cm³/mol. The van der Waals surface area contributed by atoms with Crippen molar-refractivity contribution in [3.8, 4) is 0 Å². The van der Waals surface area contributed by atoms with E-state index < -0.39 is 54.5 Å². The lowest BCUT2D eigenvalue weighted by atomic mass is 9.97. The van der Waals surface area contributed by atoms with Crippen LogP contribution in [0.25, 0.3) is 0 Å². The summed E-state index contributed by atoms with van der Waals surface area (Å²) in [6.45, 7) is 4.45. The molecule has 1 aromatic heterocycles. The zero-order valence-electron chi connectivity index (χ0n) is 15.9. The smallest absolute Gasteiger partial charge is 0.303 e. The fraction of sp³-hybridized carbons (Fsp3) is 0.588. The number of imidazole rings is 1. The van der Waals surface area contributed by atoms with Gasteiger partial charge in [0.1, 0.15) is 12.7 Å². The van der Waals surface area contributed by atoms with Crippen molar-refractivity contribution in [3.63, 3.8) is 0 Å². The van der Waals surface area contributed by atoms with Crippen LogP contribution < -0.4 is 0 Å². The quantitative estimate of drug-likeness (QED) is 0.481. The molecule has 0 N–H and O–H groups in total. The van der Waals surface area contributed by atoms with E-state index in [-0.39, 0.29) is 6.61 Å². The number of rotatable bonds is 6. The van der Waals surface area contributed by atoms with Crippen LogP contribution in [0.3, 0.4) is 0 Å². The Morgan fingerprint density at radius 3 is 1.96 bits per heavy atom. The molecule has 1 aliphatic heterocycles. The summed E-state index contributed by atoms with van der Waals surface area (Å²) in [4.78, 5) is 50.1. The maximum Gasteiger partial charge on any atom is 0.303 e. The molecule has 0 saturated carbocycles. The molecule has 0 amide bonds. The van der Waals surface area contributed by atoms with Crippen molar-refractivity contribution in [2.75, 3.05) is 6.61 Å². The van der Waals surface area contributed by atoms with E-state index in [1.165, 1.54) is 37.9 Å². The van der Waals surface area contributed by atoms with E-state index in [1.807, 2.05) is 0 Å². The summed E-state index contributed by atoms with van der Waals surface area (Å²) >= 11 is 0. The van der Waals surface area contributed by atoms with E-state index in [0.717, 1.165) is 6.92 Å². The number of carbonyl (C=O) groups excluding carboxylic acids is 4. The van der Waals surface area contributed by atoms with Crippen LogP contribution in [0.5, 0.6) is 0 Å². The Morgan fingerprint density at radius 1 is 0.893 bits per heavy atom. The molecule has 11 nitrogen and oxygen atoms in total. The average molecular weight is 398 g/mol. The van der Waals surface area contributed by atoms with Gasteiger partial charge in [-0.15, -0.1) is 0 Å². The van der Waals surface area contributed by atoms with E-state index in [1.54, 1.807) is 6.20 Å². The molecule has 1 fully saturated rings. The second-order valence-electron chi connectivity index (χ2n) is 6.10. The second-order valence-corrected chi connectivity index (χ2v) is 6.10. The highest BCUT2D eigenvalue weighted by Gasteiger charge is 2.52. The van der Waals surface area contributed by atoms with Gasteiger partial charge in [-0.05, 0) is 0 Å². The van der Waals surface area contributed by atoms with Crippen LogP contribution in [0.2, 0.25) is 0 Å². The molecule has 1 aromatic rings. The molecule has 0 radical (unpaired) electrons. The molecule has 0 bridgehead atoms. The molecule has 0 aromatic carbocycles. The summed E-state index contributed by atoms with van der Waals surface area (Å²) in [5.74, 6) is -2.59. The average Bonchev–Trinajstić information content (AvgIpc) is 3.09. The molecule has 0 unspecified atom stereocenters. The Labute approximate surface area is 160 Å². The molecule has 0 aliphatic carbocycles. The van der Waals surface area contributed by atoms with E-state index in [9.17, 15) is 19.2 Å². The number of esters is 4. The molecule has 154 valence electrons. The standard InChI is InChI=1S/C17H22N2O9/c1-9(20)24-7-13-14(25-10(2)21)15(26-11(3)22)16(27-12(4)23)17(28-13)19-6-5-18-8-19/h5-6,8,13-17H,7H2,1-4H3/t13-,14-,15+,16-,17-/m0/s1. The third-order valence-electron chi connectivity index (χ3n) is 3.79. The van der Waals surface area contributed by atoms with Crippen molar-refractivity contribution >= 4 is 23.9 Å². The van der Waals surface area contributed by atoms with Gasteiger partial charge >= 0.3 is 23.9 Å². The Morgan fingerprint density at radius 2 is 1.46 bits per heavy atom. The molecule has 2 rings (SSSR count). The monoisotopic (exact) mass is 398 g/mol. The summed E-state index contributed by atoms with van der Waals surface area (Å²) in [7, 11) is 0. The lowest BCUT2D eigenvalue weighted by molar-refractivity contribution is -0.268. The maximum absolute atomic E-state index is 11.7. The van der Waals surface area contributed by atoms with Crippen LogP contribution in [-0.2, 0) is 42.9 Å². The fourth-order valence-electron chi connectivity index (χ4n) is 2.87. The molecule has 11 heteroatoms. The highest BCUT2D eigenvalue weighted by molar-refractivity contribution is 5.68. The van der Waals surface area contributed by atoms with Crippen LogP contribution in [0.1, 0.15) is 33.9 Å². The Hall–Kier alpha value is -2.95. The van der Waals surface area contributed by atoms with Crippen molar-refractivity contribution in [1.29, 1.82) is 0 Å². The van der Waals surface area contributed by atoms with Crippen molar-refractivity contribution < 1.29 is 42.9 Å². The molecule has 0 spiro atoms. The molecule has 5 atom stereocenters. The van der Waals surface area contributed by atoms with Crippen molar-refractivity contribution in [3.05, 3.63) is 18.7 Å². The third-order valence-corrected chi connectivity index (χ3v) is 3.79. The SMILES string of the molecule is CC(=O)OC[C@@H]1O[C@H](n2ccnc2)[C@@H](OC(C)=O)[C@H](OC(C)=O)[C@H]1OC(C)=O. The summed E-state index contributed by atoms with van der Waals surface area (Å²) in [5.41, 5.74) is 0. The number of hydrogen-bond donors (Lipinski definition) is 0. The number of hydrogen-bond acceptors (Lipinski definition) is 10.